The number of allylic oxidation sites excluding steroid dienone is 1. The average Bonchev–Trinajstić information content (AvgIpc) is 3.23. The number of hydrogen-bond acceptors (Lipinski definition) is 5. The number of benzene rings is 3. The van der Waals surface area contributed by atoms with Gasteiger partial charge in [0.05, 0.1) is 34.5 Å². The molecule has 5 nitrogen and oxygen atoms in total. The molecule has 2 aliphatic rings. The van der Waals surface area contributed by atoms with Crippen molar-refractivity contribution in [3.8, 4) is 11.5 Å². The van der Waals surface area contributed by atoms with E-state index in [9.17, 15) is 4.79 Å². The van der Waals surface area contributed by atoms with Crippen LogP contribution in [0.5, 0.6) is 11.5 Å². The molecule has 0 N–H and O–H groups in total. The van der Waals surface area contributed by atoms with Gasteiger partial charge in [-0.1, -0.05) is 63.7 Å². The maximum absolute atomic E-state index is 14.1. The zero-order valence-corrected chi connectivity index (χ0v) is 24.8. The molecule has 192 valence electrons. The summed E-state index contributed by atoms with van der Waals surface area (Å²) in [4.78, 5) is 19.9. The first-order chi connectivity index (χ1) is 18.5. The van der Waals surface area contributed by atoms with Gasteiger partial charge in [0.1, 0.15) is 11.5 Å². The number of thiazole rings is 1. The lowest BCUT2D eigenvalue weighted by molar-refractivity contribution is 0.337. The third kappa shape index (κ3) is 4.38. The van der Waals surface area contributed by atoms with Crippen LogP contribution in [-0.2, 0) is 6.42 Å². The molecule has 2 heterocycles. The topological polar surface area (TPSA) is 52.8 Å². The minimum absolute atomic E-state index is 0.0569. The van der Waals surface area contributed by atoms with Crippen molar-refractivity contribution in [2.24, 2.45) is 4.99 Å². The van der Waals surface area contributed by atoms with E-state index < -0.39 is 0 Å². The number of rotatable bonds is 5. The Hall–Kier alpha value is -2.94. The van der Waals surface area contributed by atoms with E-state index in [2.05, 4.69) is 68.3 Å². The van der Waals surface area contributed by atoms with E-state index in [1.807, 2.05) is 41.8 Å². The fraction of sp³-hybridized carbons (Fsp3) is 0.200. The van der Waals surface area contributed by atoms with Crippen molar-refractivity contribution < 1.29 is 9.47 Å². The smallest absolute Gasteiger partial charge is 0.271 e. The Labute approximate surface area is 241 Å². The van der Waals surface area contributed by atoms with Crippen molar-refractivity contribution in [1.82, 2.24) is 4.57 Å². The average molecular weight is 652 g/mol. The first-order valence-corrected chi connectivity index (χ1v) is 14.8. The van der Waals surface area contributed by atoms with E-state index in [1.165, 1.54) is 22.5 Å². The van der Waals surface area contributed by atoms with Crippen LogP contribution >= 0.6 is 43.2 Å². The minimum Gasteiger partial charge on any atom is -0.497 e. The molecule has 1 aliphatic heterocycles. The largest absolute Gasteiger partial charge is 0.497 e. The van der Waals surface area contributed by atoms with Gasteiger partial charge in [-0.2, -0.15) is 0 Å². The highest BCUT2D eigenvalue weighted by molar-refractivity contribution is 9.11. The van der Waals surface area contributed by atoms with Crippen LogP contribution in [0.4, 0.5) is 0 Å². The summed E-state index contributed by atoms with van der Waals surface area (Å²) < 4.78 is 15.5. The van der Waals surface area contributed by atoms with E-state index >= 15 is 0 Å². The Morgan fingerprint density at radius 1 is 1.11 bits per heavy atom. The number of hydrogen-bond donors (Lipinski definition) is 0. The van der Waals surface area contributed by atoms with Gasteiger partial charge >= 0.3 is 0 Å². The normalized spacial score (nSPS) is 16.4. The van der Waals surface area contributed by atoms with Gasteiger partial charge in [-0.25, -0.2) is 4.99 Å². The lowest BCUT2D eigenvalue weighted by atomic mass is 9.83. The maximum atomic E-state index is 14.1. The van der Waals surface area contributed by atoms with E-state index in [4.69, 9.17) is 14.5 Å². The van der Waals surface area contributed by atoms with Gasteiger partial charge in [-0.15, -0.1) is 0 Å². The molecule has 0 bridgehead atoms. The predicted molar refractivity (Wildman–Crippen MR) is 159 cm³/mol. The molecule has 38 heavy (non-hydrogen) atoms. The summed E-state index contributed by atoms with van der Waals surface area (Å²) in [5, 5.41) is 0. The molecule has 0 spiro atoms. The molecule has 1 aromatic heterocycles. The Morgan fingerprint density at radius 2 is 1.89 bits per heavy atom. The number of halogens is 2. The molecule has 1 atom stereocenters. The molecule has 0 saturated heterocycles. The molecule has 0 fully saturated rings. The van der Waals surface area contributed by atoms with Crippen LogP contribution in [0.1, 0.15) is 41.6 Å². The molecule has 6 rings (SSSR count). The van der Waals surface area contributed by atoms with Crippen LogP contribution in [0.25, 0.3) is 11.8 Å². The van der Waals surface area contributed by atoms with Crippen molar-refractivity contribution in [3.63, 3.8) is 0 Å². The van der Waals surface area contributed by atoms with Crippen LogP contribution in [0.3, 0.4) is 0 Å². The molecule has 4 aromatic rings. The van der Waals surface area contributed by atoms with Gasteiger partial charge in [0, 0.05) is 15.6 Å². The Bertz CT molecular complexity index is 1770. The van der Waals surface area contributed by atoms with Crippen LogP contribution < -0.4 is 24.4 Å². The number of fused-ring (bicyclic) bond motifs is 3. The van der Waals surface area contributed by atoms with Crippen molar-refractivity contribution in [2.45, 2.75) is 25.8 Å². The molecule has 0 unspecified atom stereocenters. The second-order valence-corrected chi connectivity index (χ2v) is 11.9. The lowest BCUT2D eigenvalue weighted by Crippen LogP contribution is -2.38. The van der Waals surface area contributed by atoms with Gasteiger partial charge in [0.15, 0.2) is 4.80 Å². The van der Waals surface area contributed by atoms with Crippen molar-refractivity contribution in [1.29, 1.82) is 0 Å². The highest BCUT2D eigenvalue weighted by atomic mass is 79.9. The van der Waals surface area contributed by atoms with Crippen LogP contribution in [0.15, 0.2) is 85.0 Å². The quantitative estimate of drug-likeness (QED) is 0.256. The Kier molecular flexibility index (Phi) is 6.88. The second kappa shape index (κ2) is 10.3. The molecular weight excluding hydrogens is 628 g/mol. The summed E-state index contributed by atoms with van der Waals surface area (Å²) in [7, 11) is 1.66. The van der Waals surface area contributed by atoms with Gasteiger partial charge in [0.25, 0.3) is 5.56 Å². The highest BCUT2D eigenvalue weighted by Crippen LogP contribution is 2.41. The summed E-state index contributed by atoms with van der Waals surface area (Å²) in [5.74, 6) is 1.49. The number of nitrogens with zero attached hydrogens (tertiary/aromatic N) is 2. The van der Waals surface area contributed by atoms with Crippen molar-refractivity contribution in [3.05, 3.63) is 117 Å². The summed E-state index contributed by atoms with van der Waals surface area (Å²) in [6, 6.07) is 20.1. The third-order valence-electron chi connectivity index (χ3n) is 6.92. The van der Waals surface area contributed by atoms with Crippen LogP contribution in [0, 0.1) is 0 Å². The number of aryl methyl sites for hydroxylation is 1. The summed E-state index contributed by atoms with van der Waals surface area (Å²) in [5.41, 5.74) is 6.42. The van der Waals surface area contributed by atoms with Crippen LogP contribution in [-0.4, -0.2) is 18.3 Å². The number of aromatic nitrogens is 1. The molecule has 0 radical (unpaired) electrons. The fourth-order valence-corrected chi connectivity index (χ4v) is 7.60. The standard InChI is InChI=1S/C30H24Br2N2O3S/c1-3-37-28-19(14-20(31)16-24(28)32)15-25-29(35)34-27(18-8-11-21(36-2)12-9-18)23-13-10-17-6-4-5-7-22(17)26(23)33-30(34)38-25/h4-9,11-12,14-16,27H,3,10,13H2,1-2H3/b25-15+/t27-/m0/s1. The van der Waals surface area contributed by atoms with Crippen molar-refractivity contribution in [2.75, 3.05) is 13.7 Å². The van der Waals surface area contributed by atoms with Crippen molar-refractivity contribution >= 4 is 55.0 Å². The molecule has 8 heteroatoms. The zero-order chi connectivity index (χ0) is 26.4. The van der Waals surface area contributed by atoms with E-state index in [1.54, 1.807) is 7.11 Å². The maximum Gasteiger partial charge on any atom is 0.271 e. The summed E-state index contributed by atoms with van der Waals surface area (Å²) in [6.07, 6.45) is 3.68. The molecule has 0 saturated carbocycles. The molecule has 0 amide bonds. The van der Waals surface area contributed by atoms with Gasteiger partial charge in [0.2, 0.25) is 0 Å². The van der Waals surface area contributed by atoms with Gasteiger partial charge in [-0.05, 0) is 82.7 Å². The van der Waals surface area contributed by atoms with Crippen LogP contribution in [0.2, 0.25) is 0 Å². The first kappa shape index (κ1) is 25.3. The van der Waals surface area contributed by atoms with E-state index in [-0.39, 0.29) is 11.6 Å². The second-order valence-electron chi connectivity index (χ2n) is 9.13. The summed E-state index contributed by atoms with van der Waals surface area (Å²) in [6.45, 7) is 2.47. The van der Waals surface area contributed by atoms with Gasteiger partial charge in [-0.3, -0.25) is 9.36 Å². The first-order valence-electron chi connectivity index (χ1n) is 12.4. The van der Waals surface area contributed by atoms with Gasteiger partial charge < -0.3 is 9.47 Å². The predicted octanol–water partition coefficient (Wildman–Crippen LogP) is 6.25. The van der Waals surface area contributed by atoms with E-state index in [0.29, 0.717) is 21.7 Å². The monoisotopic (exact) mass is 650 g/mol. The molecule has 3 aromatic carbocycles. The fourth-order valence-electron chi connectivity index (χ4n) is 5.23. The SMILES string of the molecule is CCOc1c(Br)cc(Br)cc1/C=c1/sc2n(c1=O)[C@@H](c1ccc(OC)cc1)C1=C(N=2)c2ccccc2CC1. The number of methoxy groups -OCH3 is 1. The summed E-state index contributed by atoms with van der Waals surface area (Å²) >= 11 is 8.60. The zero-order valence-electron chi connectivity index (χ0n) is 20.8. The minimum atomic E-state index is -0.233. The third-order valence-corrected chi connectivity index (χ3v) is 8.95. The highest BCUT2D eigenvalue weighted by Gasteiger charge is 2.32. The molecular formula is C30H24Br2N2O3S. The Morgan fingerprint density at radius 3 is 2.66 bits per heavy atom. The lowest BCUT2D eigenvalue weighted by Gasteiger charge is -2.30. The van der Waals surface area contributed by atoms with E-state index in [0.717, 1.165) is 49.9 Å². The number of ether oxygens (including phenoxy) is 2. The molecule has 1 aliphatic carbocycles. The Balaban J connectivity index is 1.61.